The normalized spacial score (nSPS) is 10.3. The fraction of sp³-hybridized carbons (Fsp3) is 0.364. The maximum Gasteiger partial charge on any atom is 0.0651 e. The summed E-state index contributed by atoms with van der Waals surface area (Å²) < 4.78 is 0. The zero-order valence-corrected chi connectivity index (χ0v) is 7.96. The van der Waals surface area contributed by atoms with Gasteiger partial charge >= 0.3 is 0 Å². The molecule has 0 spiro atoms. The van der Waals surface area contributed by atoms with Gasteiger partial charge in [0.2, 0.25) is 0 Å². The molecular formula is C11H15N. The standard InChI is InChI=1S/C11H15N/c1-8(2)10-5-6-11(12-4)9(3)7-10/h5-8H,4H2,1-3H3. The second-order valence-electron chi connectivity index (χ2n) is 3.36. The molecule has 0 saturated carbocycles. The van der Waals surface area contributed by atoms with Gasteiger partial charge in [-0.1, -0.05) is 26.0 Å². The first-order valence-corrected chi connectivity index (χ1v) is 4.22. The summed E-state index contributed by atoms with van der Waals surface area (Å²) in [7, 11) is 0. The average Bonchev–Trinajstić information content (AvgIpc) is 2.04. The SMILES string of the molecule is C=Nc1ccc(C(C)C)cc1C. The zero-order chi connectivity index (χ0) is 9.14. The van der Waals surface area contributed by atoms with Crippen molar-refractivity contribution in [1.29, 1.82) is 0 Å². The van der Waals surface area contributed by atoms with Crippen LogP contribution in [0.2, 0.25) is 0 Å². The van der Waals surface area contributed by atoms with Gasteiger partial charge in [0.05, 0.1) is 5.69 Å². The van der Waals surface area contributed by atoms with Crippen LogP contribution in [0.4, 0.5) is 5.69 Å². The van der Waals surface area contributed by atoms with E-state index in [1.165, 1.54) is 11.1 Å². The molecule has 1 aromatic rings. The Hall–Kier alpha value is -1.11. The highest BCUT2D eigenvalue weighted by atomic mass is 14.7. The summed E-state index contributed by atoms with van der Waals surface area (Å²) in [6.07, 6.45) is 0. The monoisotopic (exact) mass is 161 g/mol. The molecule has 0 unspecified atom stereocenters. The number of benzene rings is 1. The molecule has 0 amide bonds. The number of hydrogen-bond acceptors (Lipinski definition) is 1. The van der Waals surface area contributed by atoms with Gasteiger partial charge in [-0.15, -0.1) is 0 Å². The summed E-state index contributed by atoms with van der Waals surface area (Å²) in [5.41, 5.74) is 3.55. The Morgan fingerprint density at radius 1 is 1.33 bits per heavy atom. The minimum absolute atomic E-state index is 0.586. The summed E-state index contributed by atoms with van der Waals surface area (Å²) in [5, 5.41) is 0. The Balaban J connectivity index is 3.10. The van der Waals surface area contributed by atoms with Crippen LogP contribution in [-0.4, -0.2) is 6.72 Å². The third kappa shape index (κ3) is 1.73. The molecule has 0 atom stereocenters. The van der Waals surface area contributed by atoms with E-state index in [9.17, 15) is 0 Å². The first-order chi connectivity index (χ1) is 5.65. The van der Waals surface area contributed by atoms with Crippen LogP contribution in [0.3, 0.4) is 0 Å². The lowest BCUT2D eigenvalue weighted by atomic mass is 10.0. The van der Waals surface area contributed by atoms with Crippen LogP contribution in [0.25, 0.3) is 0 Å². The minimum atomic E-state index is 0.586. The Morgan fingerprint density at radius 2 is 2.00 bits per heavy atom. The maximum absolute atomic E-state index is 3.92. The van der Waals surface area contributed by atoms with Crippen LogP contribution in [0.5, 0.6) is 0 Å². The van der Waals surface area contributed by atoms with Crippen LogP contribution in [0, 0.1) is 6.92 Å². The summed E-state index contributed by atoms with van der Waals surface area (Å²) in [6, 6.07) is 6.31. The summed E-state index contributed by atoms with van der Waals surface area (Å²) in [5.74, 6) is 0.586. The van der Waals surface area contributed by atoms with Crippen molar-refractivity contribution in [3.8, 4) is 0 Å². The largest absolute Gasteiger partial charge is 0.264 e. The number of hydrogen-bond donors (Lipinski definition) is 0. The van der Waals surface area contributed by atoms with Crippen molar-refractivity contribution in [1.82, 2.24) is 0 Å². The maximum atomic E-state index is 3.92. The summed E-state index contributed by atoms with van der Waals surface area (Å²) in [4.78, 5) is 3.92. The van der Waals surface area contributed by atoms with Crippen molar-refractivity contribution >= 4 is 12.4 Å². The molecule has 64 valence electrons. The fourth-order valence-electron chi connectivity index (χ4n) is 1.22. The molecule has 1 rings (SSSR count). The number of aryl methyl sites for hydroxylation is 1. The van der Waals surface area contributed by atoms with E-state index in [1.54, 1.807) is 0 Å². The van der Waals surface area contributed by atoms with Gasteiger partial charge in [-0.3, -0.25) is 4.99 Å². The van der Waals surface area contributed by atoms with Crippen LogP contribution in [0.15, 0.2) is 23.2 Å². The molecule has 12 heavy (non-hydrogen) atoms. The Morgan fingerprint density at radius 3 is 2.42 bits per heavy atom. The van der Waals surface area contributed by atoms with Crippen molar-refractivity contribution in [2.75, 3.05) is 0 Å². The van der Waals surface area contributed by atoms with E-state index in [-0.39, 0.29) is 0 Å². The van der Waals surface area contributed by atoms with E-state index in [4.69, 9.17) is 0 Å². The van der Waals surface area contributed by atoms with Gasteiger partial charge < -0.3 is 0 Å². The van der Waals surface area contributed by atoms with Crippen molar-refractivity contribution < 1.29 is 0 Å². The lowest BCUT2D eigenvalue weighted by Crippen LogP contribution is -1.87. The third-order valence-corrected chi connectivity index (χ3v) is 2.06. The van der Waals surface area contributed by atoms with E-state index in [0.29, 0.717) is 5.92 Å². The topological polar surface area (TPSA) is 12.4 Å². The number of nitrogens with zero attached hydrogens (tertiary/aromatic N) is 1. The molecule has 0 saturated heterocycles. The van der Waals surface area contributed by atoms with E-state index < -0.39 is 0 Å². The molecule has 0 aliphatic carbocycles. The molecule has 0 radical (unpaired) electrons. The molecule has 1 heteroatoms. The minimum Gasteiger partial charge on any atom is -0.264 e. The van der Waals surface area contributed by atoms with Crippen LogP contribution < -0.4 is 0 Å². The third-order valence-electron chi connectivity index (χ3n) is 2.06. The van der Waals surface area contributed by atoms with E-state index in [0.717, 1.165) is 5.69 Å². The highest BCUT2D eigenvalue weighted by molar-refractivity contribution is 5.52. The molecule has 0 heterocycles. The van der Waals surface area contributed by atoms with Crippen LogP contribution in [-0.2, 0) is 0 Å². The Bertz CT molecular complexity index is 287. The molecule has 0 N–H and O–H groups in total. The Labute approximate surface area is 74.2 Å². The van der Waals surface area contributed by atoms with Gasteiger partial charge in [0, 0.05) is 0 Å². The molecule has 1 aromatic carbocycles. The first-order valence-electron chi connectivity index (χ1n) is 4.22. The number of aliphatic imine (C=N–C) groups is 1. The smallest absolute Gasteiger partial charge is 0.0651 e. The lowest BCUT2D eigenvalue weighted by molar-refractivity contribution is 0.865. The quantitative estimate of drug-likeness (QED) is 0.589. The second-order valence-corrected chi connectivity index (χ2v) is 3.36. The first kappa shape index (κ1) is 8.98. The van der Waals surface area contributed by atoms with Gasteiger partial charge in [0.1, 0.15) is 0 Å². The molecular weight excluding hydrogens is 146 g/mol. The predicted octanol–water partition coefficient (Wildman–Crippen LogP) is 3.45. The molecule has 1 nitrogen and oxygen atoms in total. The second kappa shape index (κ2) is 3.53. The highest BCUT2D eigenvalue weighted by Crippen LogP contribution is 2.23. The zero-order valence-electron chi connectivity index (χ0n) is 7.96. The lowest BCUT2D eigenvalue weighted by Gasteiger charge is -2.07. The van der Waals surface area contributed by atoms with Gasteiger partial charge in [-0.2, -0.15) is 0 Å². The fourth-order valence-corrected chi connectivity index (χ4v) is 1.22. The molecule has 0 aliphatic rings. The van der Waals surface area contributed by atoms with Gasteiger partial charge in [-0.05, 0) is 36.8 Å². The van der Waals surface area contributed by atoms with Crippen LogP contribution in [0.1, 0.15) is 30.9 Å². The van der Waals surface area contributed by atoms with Gasteiger partial charge in [0.25, 0.3) is 0 Å². The van der Waals surface area contributed by atoms with Crippen molar-refractivity contribution in [2.45, 2.75) is 26.7 Å². The van der Waals surface area contributed by atoms with E-state index in [1.807, 2.05) is 6.07 Å². The summed E-state index contributed by atoms with van der Waals surface area (Å²) in [6.45, 7) is 9.96. The van der Waals surface area contributed by atoms with E-state index in [2.05, 4.69) is 44.6 Å². The molecule has 0 aromatic heterocycles. The average molecular weight is 161 g/mol. The van der Waals surface area contributed by atoms with E-state index >= 15 is 0 Å². The number of rotatable bonds is 2. The molecule has 0 fully saturated rings. The molecule has 0 bridgehead atoms. The predicted molar refractivity (Wildman–Crippen MR) is 54.5 cm³/mol. The van der Waals surface area contributed by atoms with Crippen molar-refractivity contribution in [2.24, 2.45) is 4.99 Å². The van der Waals surface area contributed by atoms with Crippen LogP contribution >= 0.6 is 0 Å². The van der Waals surface area contributed by atoms with Crippen molar-refractivity contribution in [3.63, 3.8) is 0 Å². The van der Waals surface area contributed by atoms with Gasteiger partial charge in [-0.25, -0.2) is 0 Å². The highest BCUT2D eigenvalue weighted by Gasteiger charge is 2.00. The van der Waals surface area contributed by atoms with Crippen molar-refractivity contribution in [3.05, 3.63) is 29.3 Å². The molecule has 0 aliphatic heterocycles. The Kier molecular flexibility index (Phi) is 2.64. The van der Waals surface area contributed by atoms with Gasteiger partial charge in [0.15, 0.2) is 0 Å². The summed E-state index contributed by atoms with van der Waals surface area (Å²) >= 11 is 0.